The quantitative estimate of drug-likeness (QED) is 0.879. The van der Waals surface area contributed by atoms with Crippen molar-refractivity contribution >= 4 is 15.9 Å². The van der Waals surface area contributed by atoms with Gasteiger partial charge in [-0.15, -0.1) is 0 Å². The van der Waals surface area contributed by atoms with Crippen LogP contribution in [0.1, 0.15) is 25.5 Å². The summed E-state index contributed by atoms with van der Waals surface area (Å²) in [5, 5.41) is 6.68. The van der Waals surface area contributed by atoms with E-state index in [0.29, 0.717) is 6.04 Å². The highest BCUT2D eigenvalue weighted by Crippen LogP contribution is 2.25. The molecular formula is C12H19BrN2. The van der Waals surface area contributed by atoms with Crippen LogP contribution in [0.5, 0.6) is 0 Å². The first-order chi connectivity index (χ1) is 7.01. The van der Waals surface area contributed by atoms with E-state index in [4.69, 9.17) is 0 Å². The van der Waals surface area contributed by atoms with Crippen molar-refractivity contribution in [1.29, 1.82) is 0 Å². The molecule has 1 aromatic carbocycles. The van der Waals surface area contributed by atoms with Crippen molar-refractivity contribution in [3.8, 4) is 0 Å². The predicted octanol–water partition coefficient (Wildman–Crippen LogP) is 2.71. The van der Waals surface area contributed by atoms with Gasteiger partial charge in [0, 0.05) is 16.1 Å². The highest BCUT2D eigenvalue weighted by atomic mass is 79.9. The zero-order chi connectivity index (χ0) is 11.5. The first-order valence-electron chi connectivity index (χ1n) is 5.13. The van der Waals surface area contributed by atoms with Crippen LogP contribution in [0.15, 0.2) is 28.7 Å². The van der Waals surface area contributed by atoms with Crippen LogP contribution in [0, 0.1) is 0 Å². The van der Waals surface area contributed by atoms with Crippen LogP contribution in [-0.2, 0) is 0 Å². The van der Waals surface area contributed by atoms with Crippen LogP contribution in [0.3, 0.4) is 0 Å². The maximum atomic E-state index is 3.45. The molecule has 1 atom stereocenters. The Morgan fingerprint density at radius 3 is 2.07 bits per heavy atom. The molecule has 0 aromatic heterocycles. The lowest BCUT2D eigenvalue weighted by atomic mass is 9.89. The van der Waals surface area contributed by atoms with Crippen molar-refractivity contribution in [2.75, 3.05) is 14.1 Å². The van der Waals surface area contributed by atoms with Crippen molar-refractivity contribution in [3.63, 3.8) is 0 Å². The highest BCUT2D eigenvalue weighted by molar-refractivity contribution is 9.10. The Bertz CT molecular complexity index is 306. The molecule has 2 nitrogen and oxygen atoms in total. The Morgan fingerprint density at radius 1 is 1.13 bits per heavy atom. The summed E-state index contributed by atoms with van der Waals surface area (Å²) in [4.78, 5) is 0. The summed E-state index contributed by atoms with van der Waals surface area (Å²) < 4.78 is 1.11. The molecule has 0 heterocycles. The molecule has 0 radical (unpaired) electrons. The lowest BCUT2D eigenvalue weighted by molar-refractivity contribution is 0.311. The number of halogens is 1. The molecule has 2 N–H and O–H groups in total. The van der Waals surface area contributed by atoms with Crippen LogP contribution in [0.4, 0.5) is 0 Å². The van der Waals surface area contributed by atoms with E-state index in [2.05, 4.69) is 64.7 Å². The Morgan fingerprint density at radius 2 is 1.67 bits per heavy atom. The SMILES string of the molecule is CNC(c1ccc(Br)cc1)C(C)(C)NC. The number of hydrogen-bond acceptors (Lipinski definition) is 2. The van der Waals surface area contributed by atoms with Gasteiger partial charge in [-0.05, 0) is 45.6 Å². The van der Waals surface area contributed by atoms with Gasteiger partial charge in [0.25, 0.3) is 0 Å². The molecule has 0 saturated heterocycles. The largest absolute Gasteiger partial charge is 0.313 e. The maximum absolute atomic E-state index is 3.45. The molecule has 3 heteroatoms. The fraction of sp³-hybridized carbons (Fsp3) is 0.500. The molecule has 0 saturated carbocycles. The van der Waals surface area contributed by atoms with E-state index in [1.807, 2.05) is 14.1 Å². The molecule has 0 aliphatic carbocycles. The third kappa shape index (κ3) is 3.03. The van der Waals surface area contributed by atoms with Crippen LogP contribution in [0.2, 0.25) is 0 Å². The van der Waals surface area contributed by atoms with Gasteiger partial charge in [0.1, 0.15) is 0 Å². The second-order valence-electron chi connectivity index (χ2n) is 4.24. The monoisotopic (exact) mass is 270 g/mol. The third-order valence-electron chi connectivity index (χ3n) is 2.86. The number of benzene rings is 1. The van der Waals surface area contributed by atoms with E-state index in [1.54, 1.807) is 0 Å². The lowest BCUT2D eigenvalue weighted by Gasteiger charge is -2.34. The van der Waals surface area contributed by atoms with Crippen molar-refractivity contribution in [3.05, 3.63) is 34.3 Å². The van der Waals surface area contributed by atoms with Gasteiger partial charge in [0.05, 0.1) is 0 Å². The van der Waals surface area contributed by atoms with Gasteiger partial charge in [-0.1, -0.05) is 28.1 Å². The molecule has 15 heavy (non-hydrogen) atoms. The summed E-state index contributed by atoms with van der Waals surface area (Å²) in [6.45, 7) is 4.38. The van der Waals surface area contributed by atoms with Gasteiger partial charge in [0.15, 0.2) is 0 Å². The Labute approximate surface area is 101 Å². The number of nitrogens with one attached hydrogen (secondary N) is 2. The molecule has 0 aliphatic heterocycles. The Kier molecular flexibility index (Phi) is 4.32. The van der Waals surface area contributed by atoms with Crippen LogP contribution >= 0.6 is 15.9 Å². The summed E-state index contributed by atoms with van der Waals surface area (Å²) in [5.74, 6) is 0. The molecule has 0 bridgehead atoms. The molecule has 0 spiro atoms. The molecule has 0 fully saturated rings. The van der Waals surface area contributed by atoms with Crippen molar-refractivity contribution in [2.24, 2.45) is 0 Å². The Balaban J connectivity index is 2.97. The average Bonchev–Trinajstić information content (AvgIpc) is 2.22. The fourth-order valence-electron chi connectivity index (χ4n) is 1.74. The molecule has 1 aromatic rings. The lowest BCUT2D eigenvalue weighted by Crippen LogP contribution is -2.47. The van der Waals surface area contributed by atoms with E-state index >= 15 is 0 Å². The number of hydrogen-bond donors (Lipinski definition) is 2. The maximum Gasteiger partial charge on any atom is 0.0497 e. The minimum atomic E-state index is 0.0303. The molecule has 1 unspecified atom stereocenters. The van der Waals surface area contributed by atoms with Crippen LogP contribution in [-0.4, -0.2) is 19.6 Å². The average molecular weight is 271 g/mol. The normalized spacial score (nSPS) is 13.9. The fourth-order valence-corrected chi connectivity index (χ4v) is 2.01. The smallest absolute Gasteiger partial charge is 0.0497 e. The summed E-state index contributed by atoms with van der Waals surface area (Å²) in [7, 11) is 3.98. The zero-order valence-corrected chi connectivity index (χ0v) is 11.4. The highest BCUT2D eigenvalue weighted by Gasteiger charge is 2.27. The van der Waals surface area contributed by atoms with Gasteiger partial charge < -0.3 is 10.6 Å². The van der Waals surface area contributed by atoms with Gasteiger partial charge in [-0.25, -0.2) is 0 Å². The van der Waals surface area contributed by atoms with Gasteiger partial charge in [-0.2, -0.15) is 0 Å². The first-order valence-corrected chi connectivity index (χ1v) is 5.92. The van der Waals surface area contributed by atoms with Gasteiger partial charge >= 0.3 is 0 Å². The van der Waals surface area contributed by atoms with E-state index in [-0.39, 0.29) is 5.54 Å². The number of likely N-dealkylation sites (N-methyl/N-ethyl adjacent to an activating group) is 2. The van der Waals surface area contributed by atoms with E-state index in [0.717, 1.165) is 4.47 Å². The molecule has 0 aliphatic rings. The van der Waals surface area contributed by atoms with Crippen molar-refractivity contribution in [1.82, 2.24) is 10.6 Å². The molecular weight excluding hydrogens is 252 g/mol. The topological polar surface area (TPSA) is 24.1 Å². The third-order valence-corrected chi connectivity index (χ3v) is 3.39. The standard InChI is InChI=1S/C12H19BrN2/c1-12(2,15-4)11(14-3)9-5-7-10(13)8-6-9/h5-8,11,14-15H,1-4H3. The second-order valence-corrected chi connectivity index (χ2v) is 5.16. The molecule has 1 rings (SSSR count). The predicted molar refractivity (Wildman–Crippen MR) is 69.1 cm³/mol. The molecule has 84 valence electrons. The van der Waals surface area contributed by atoms with E-state index in [9.17, 15) is 0 Å². The van der Waals surface area contributed by atoms with Crippen LogP contribution in [0.25, 0.3) is 0 Å². The summed E-state index contributed by atoms with van der Waals surface area (Å²) in [6.07, 6.45) is 0. The van der Waals surface area contributed by atoms with Crippen molar-refractivity contribution in [2.45, 2.75) is 25.4 Å². The first kappa shape index (κ1) is 12.7. The second kappa shape index (κ2) is 5.10. The van der Waals surface area contributed by atoms with Gasteiger partial charge in [-0.3, -0.25) is 0 Å². The minimum absolute atomic E-state index is 0.0303. The van der Waals surface area contributed by atoms with Gasteiger partial charge in [0.2, 0.25) is 0 Å². The summed E-state index contributed by atoms with van der Waals surface area (Å²) >= 11 is 3.45. The van der Waals surface area contributed by atoms with Crippen LogP contribution < -0.4 is 10.6 Å². The van der Waals surface area contributed by atoms with E-state index in [1.165, 1.54) is 5.56 Å². The minimum Gasteiger partial charge on any atom is -0.313 e. The van der Waals surface area contributed by atoms with Crippen molar-refractivity contribution < 1.29 is 0 Å². The number of rotatable bonds is 4. The summed E-state index contributed by atoms with van der Waals surface area (Å²) in [6, 6.07) is 8.74. The summed E-state index contributed by atoms with van der Waals surface area (Å²) in [5.41, 5.74) is 1.32. The zero-order valence-electron chi connectivity index (χ0n) is 9.76. The Hall–Kier alpha value is -0.380. The molecule has 0 amide bonds. The van der Waals surface area contributed by atoms with E-state index < -0.39 is 0 Å².